The Labute approximate surface area is 177 Å². The lowest BCUT2D eigenvalue weighted by Crippen LogP contribution is -2.39. The van der Waals surface area contributed by atoms with Crippen LogP contribution in [0.5, 0.6) is 0 Å². The number of anilines is 2. The van der Waals surface area contributed by atoms with Crippen LogP contribution in [0.25, 0.3) is 0 Å². The number of nitrogens with zero attached hydrogens (tertiary/aromatic N) is 6. The lowest BCUT2D eigenvalue weighted by Gasteiger charge is -2.30. The van der Waals surface area contributed by atoms with Crippen molar-refractivity contribution in [1.29, 1.82) is 0 Å². The van der Waals surface area contributed by atoms with Crippen LogP contribution in [0.3, 0.4) is 0 Å². The summed E-state index contributed by atoms with van der Waals surface area (Å²) in [6, 6.07) is 4.18. The number of amides is 1. The van der Waals surface area contributed by atoms with Gasteiger partial charge in [0.25, 0.3) is 17.5 Å². The van der Waals surface area contributed by atoms with Gasteiger partial charge in [-0.25, -0.2) is 0 Å². The predicted octanol–water partition coefficient (Wildman–Crippen LogP) is 1.34. The first kappa shape index (κ1) is 21.5. The molecule has 1 saturated heterocycles. The van der Waals surface area contributed by atoms with Crippen LogP contribution >= 0.6 is 12.2 Å². The van der Waals surface area contributed by atoms with E-state index >= 15 is 0 Å². The molecule has 0 bridgehead atoms. The summed E-state index contributed by atoms with van der Waals surface area (Å²) in [6.45, 7) is 4.85. The molecule has 2 N–H and O–H groups in total. The number of tetrazole rings is 1. The number of unbranched alkanes of at least 4 members (excludes halogenated alkanes) is 1. The highest BCUT2D eigenvalue weighted by Crippen LogP contribution is 2.26. The van der Waals surface area contributed by atoms with Gasteiger partial charge in [-0.1, -0.05) is 18.4 Å². The van der Waals surface area contributed by atoms with E-state index in [1.54, 1.807) is 6.07 Å². The molecule has 12 nitrogen and oxygen atoms in total. The fraction of sp³-hybridized carbons (Fsp3) is 0.471. The van der Waals surface area contributed by atoms with Crippen molar-refractivity contribution in [3.8, 4) is 0 Å². The molecule has 0 spiro atoms. The van der Waals surface area contributed by atoms with Crippen LogP contribution in [0.1, 0.15) is 30.1 Å². The molecule has 0 radical (unpaired) electrons. The van der Waals surface area contributed by atoms with Gasteiger partial charge < -0.3 is 9.64 Å². The lowest BCUT2D eigenvalue weighted by atomic mass is 10.1. The predicted molar refractivity (Wildman–Crippen MR) is 113 cm³/mol. The molecule has 0 unspecified atom stereocenters. The number of nitrogens with one attached hydrogen (secondary N) is 2. The smallest absolute Gasteiger partial charge is 0.270 e. The highest BCUT2D eigenvalue weighted by Gasteiger charge is 2.23. The number of nitro benzene ring substituents is 1. The topological polar surface area (TPSA) is 140 Å². The summed E-state index contributed by atoms with van der Waals surface area (Å²) < 4.78 is 5.34. The number of non-ortho nitro benzene ring substituents is 1. The standard InChI is InChI=1S/C17H22N8O4S/c1-2-3-6-24-21-16(20-22-24)19-17(30)18-15(26)13-11-12(25(27)28)4-5-14(13)23-7-9-29-10-8-23/h4-5,11H,2-3,6-10H2,1H3,(H2,18,19,21,26,30). The van der Waals surface area contributed by atoms with Crippen molar-refractivity contribution < 1.29 is 14.5 Å². The molecule has 2 heterocycles. The third-order valence-electron chi connectivity index (χ3n) is 4.40. The average Bonchev–Trinajstić information content (AvgIpc) is 3.19. The van der Waals surface area contributed by atoms with Gasteiger partial charge in [0.15, 0.2) is 5.11 Å². The molecule has 2 aromatic rings. The number of aryl methyl sites for hydroxylation is 1. The second-order valence-corrected chi connectivity index (χ2v) is 6.94. The Kier molecular flexibility index (Phi) is 7.19. The summed E-state index contributed by atoms with van der Waals surface area (Å²) in [5, 5.41) is 28.2. The number of hydrogen-bond acceptors (Lipinski definition) is 9. The summed E-state index contributed by atoms with van der Waals surface area (Å²) in [4.78, 5) is 26.9. The van der Waals surface area contributed by atoms with E-state index in [4.69, 9.17) is 17.0 Å². The van der Waals surface area contributed by atoms with Gasteiger partial charge in [-0.15, -0.1) is 5.10 Å². The van der Waals surface area contributed by atoms with E-state index in [0.717, 1.165) is 12.8 Å². The van der Waals surface area contributed by atoms with Crippen molar-refractivity contribution >= 4 is 40.6 Å². The Balaban J connectivity index is 1.72. The fourth-order valence-electron chi connectivity index (χ4n) is 2.89. The molecule has 0 saturated carbocycles. The van der Waals surface area contributed by atoms with Crippen molar-refractivity contribution in [2.75, 3.05) is 36.5 Å². The monoisotopic (exact) mass is 434 g/mol. The maximum atomic E-state index is 12.8. The second kappa shape index (κ2) is 10.0. The fourth-order valence-corrected chi connectivity index (χ4v) is 3.07. The van der Waals surface area contributed by atoms with Crippen molar-refractivity contribution in [2.24, 2.45) is 0 Å². The summed E-state index contributed by atoms with van der Waals surface area (Å²) in [5.74, 6) is -0.417. The van der Waals surface area contributed by atoms with E-state index in [2.05, 4.69) is 33.0 Å². The number of carbonyl (C=O) groups is 1. The van der Waals surface area contributed by atoms with Crippen LogP contribution in [0.2, 0.25) is 0 Å². The van der Waals surface area contributed by atoms with Gasteiger partial charge >= 0.3 is 0 Å². The minimum Gasteiger partial charge on any atom is -0.378 e. The number of carbonyl (C=O) groups excluding carboxylic acids is 1. The zero-order chi connectivity index (χ0) is 21.5. The van der Waals surface area contributed by atoms with E-state index in [0.29, 0.717) is 38.5 Å². The number of ether oxygens (including phenoxy) is 1. The summed E-state index contributed by atoms with van der Waals surface area (Å²) in [5.41, 5.74) is 0.541. The van der Waals surface area contributed by atoms with Crippen LogP contribution in [0.4, 0.5) is 17.3 Å². The molecule has 1 fully saturated rings. The number of rotatable bonds is 7. The van der Waals surface area contributed by atoms with Gasteiger partial charge in [0.05, 0.1) is 35.9 Å². The van der Waals surface area contributed by atoms with Gasteiger partial charge in [-0.3, -0.25) is 25.5 Å². The molecule has 160 valence electrons. The molecule has 1 amide bonds. The Morgan fingerprint density at radius 1 is 1.37 bits per heavy atom. The van der Waals surface area contributed by atoms with Crippen LogP contribution < -0.4 is 15.5 Å². The molecule has 1 aromatic carbocycles. The molecule has 13 heteroatoms. The third-order valence-corrected chi connectivity index (χ3v) is 4.61. The summed E-state index contributed by atoms with van der Waals surface area (Å²) in [7, 11) is 0. The molecule has 3 rings (SSSR count). The zero-order valence-corrected chi connectivity index (χ0v) is 17.2. The highest BCUT2D eigenvalue weighted by molar-refractivity contribution is 7.80. The SMILES string of the molecule is CCCCn1nnc(NC(=S)NC(=O)c2cc([N+](=O)[O-])ccc2N2CCOCC2)n1. The van der Waals surface area contributed by atoms with Crippen LogP contribution in [0.15, 0.2) is 18.2 Å². The Hall–Kier alpha value is -3.19. The van der Waals surface area contributed by atoms with Crippen molar-refractivity contribution in [3.05, 3.63) is 33.9 Å². The number of benzene rings is 1. The number of nitro groups is 1. The number of thiocarbonyl (C=S) groups is 1. The lowest BCUT2D eigenvalue weighted by molar-refractivity contribution is -0.384. The summed E-state index contributed by atoms with van der Waals surface area (Å²) >= 11 is 5.17. The first-order valence-corrected chi connectivity index (χ1v) is 9.90. The number of morpholine rings is 1. The van der Waals surface area contributed by atoms with Gasteiger partial charge in [-0.2, -0.15) is 4.80 Å². The molecule has 0 atom stereocenters. The van der Waals surface area contributed by atoms with Crippen molar-refractivity contribution in [1.82, 2.24) is 25.5 Å². The minimum absolute atomic E-state index is 0.0329. The summed E-state index contributed by atoms with van der Waals surface area (Å²) in [6.07, 6.45) is 1.90. The molecule has 1 aromatic heterocycles. The first-order valence-electron chi connectivity index (χ1n) is 9.49. The molecule has 30 heavy (non-hydrogen) atoms. The Morgan fingerprint density at radius 2 is 2.13 bits per heavy atom. The quantitative estimate of drug-likeness (QED) is 0.373. The molecule has 1 aliphatic heterocycles. The van der Waals surface area contributed by atoms with Gasteiger partial charge in [0, 0.05) is 25.2 Å². The van der Waals surface area contributed by atoms with Crippen LogP contribution in [-0.2, 0) is 11.3 Å². The maximum Gasteiger partial charge on any atom is 0.270 e. The third kappa shape index (κ3) is 5.45. The van der Waals surface area contributed by atoms with E-state index in [-0.39, 0.29) is 22.3 Å². The Morgan fingerprint density at radius 3 is 2.83 bits per heavy atom. The van der Waals surface area contributed by atoms with Crippen molar-refractivity contribution in [3.63, 3.8) is 0 Å². The van der Waals surface area contributed by atoms with Crippen molar-refractivity contribution in [2.45, 2.75) is 26.3 Å². The van der Waals surface area contributed by atoms with Gasteiger partial charge in [0.2, 0.25) is 0 Å². The minimum atomic E-state index is -0.573. The molecule has 0 aliphatic carbocycles. The molecular weight excluding hydrogens is 412 g/mol. The zero-order valence-electron chi connectivity index (χ0n) is 16.4. The molecular formula is C17H22N8O4S. The number of hydrogen-bond donors (Lipinski definition) is 2. The Bertz CT molecular complexity index is 928. The largest absolute Gasteiger partial charge is 0.378 e. The average molecular weight is 434 g/mol. The van der Waals surface area contributed by atoms with E-state index in [9.17, 15) is 14.9 Å². The van der Waals surface area contributed by atoms with E-state index in [1.165, 1.54) is 16.9 Å². The maximum absolute atomic E-state index is 12.8. The van der Waals surface area contributed by atoms with E-state index in [1.807, 2.05) is 4.90 Å². The van der Waals surface area contributed by atoms with Crippen LogP contribution in [0, 0.1) is 10.1 Å². The second-order valence-electron chi connectivity index (χ2n) is 6.53. The van der Waals surface area contributed by atoms with Gasteiger partial charge in [-0.05, 0) is 29.9 Å². The highest BCUT2D eigenvalue weighted by atomic mass is 32.1. The first-order chi connectivity index (χ1) is 14.5. The van der Waals surface area contributed by atoms with Crippen LogP contribution in [-0.4, -0.2) is 62.5 Å². The number of aromatic nitrogens is 4. The van der Waals surface area contributed by atoms with Gasteiger partial charge in [0.1, 0.15) is 0 Å². The van der Waals surface area contributed by atoms with E-state index < -0.39 is 10.8 Å². The molecule has 1 aliphatic rings. The normalized spacial score (nSPS) is 13.7.